The van der Waals surface area contributed by atoms with Crippen LogP contribution in [-0.2, 0) is 22.6 Å². The minimum atomic E-state index is -0.889. The highest BCUT2D eigenvalue weighted by atomic mass is 16.4. The minimum absolute atomic E-state index is 0.0579. The molecule has 1 atom stereocenters. The first-order valence-corrected chi connectivity index (χ1v) is 8.86. The van der Waals surface area contributed by atoms with E-state index in [1.165, 1.54) is 0 Å². The maximum absolute atomic E-state index is 12.5. The van der Waals surface area contributed by atoms with Crippen molar-refractivity contribution in [1.29, 1.82) is 0 Å². The zero-order valence-electron chi connectivity index (χ0n) is 15.2. The maximum Gasteiger partial charge on any atom is 0.326 e. The molecule has 1 fully saturated rings. The van der Waals surface area contributed by atoms with E-state index in [1.807, 2.05) is 18.5 Å². The van der Waals surface area contributed by atoms with Crippen molar-refractivity contribution in [3.05, 3.63) is 17.0 Å². The fourth-order valence-electron chi connectivity index (χ4n) is 3.48. The summed E-state index contributed by atoms with van der Waals surface area (Å²) in [5.41, 5.74) is 3.20. The van der Waals surface area contributed by atoms with Gasteiger partial charge < -0.3 is 10.0 Å². The molecule has 1 N–H and O–H groups in total. The number of piperidine rings is 1. The molecule has 1 aromatic heterocycles. The van der Waals surface area contributed by atoms with Gasteiger partial charge in [-0.15, -0.1) is 0 Å². The molecule has 0 saturated carbocycles. The van der Waals surface area contributed by atoms with E-state index < -0.39 is 12.0 Å². The number of carboxylic acid groups (broad SMARTS) is 1. The van der Waals surface area contributed by atoms with Gasteiger partial charge in [0.15, 0.2) is 0 Å². The van der Waals surface area contributed by atoms with Gasteiger partial charge in [-0.3, -0.25) is 9.48 Å². The van der Waals surface area contributed by atoms with Crippen LogP contribution < -0.4 is 0 Å². The van der Waals surface area contributed by atoms with Crippen molar-refractivity contribution in [3.8, 4) is 0 Å². The van der Waals surface area contributed by atoms with E-state index in [1.54, 1.807) is 4.90 Å². The third-order valence-electron chi connectivity index (χ3n) is 4.77. The molecule has 0 unspecified atom stereocenters. The van der Waals surface area contributed by atoms with Gasteiger partial charge in [-0.2, -0.15) is 5.10 Å². The fraction of sp³-hybridized carbons (Fsp3) is 0.722. The average molecular weight is 335 g/mol. The summed E-state index contributed by atoms with van der Waals surface area (Å²) < 4.78 is 2.01. The van der Waals surface area contributed by atoms with Crippen LogP contribution in [0.5, 0.6) is 0 Å². The Morgan fingerprint density at radius 2 is 2.00 bits per heavy atom. The molecule has 0 bridgehead atoms. The molecule has 1 amide bonds. The van der Waals surface area contributed by atoms with Crippen molar-refractivity contribution in [2.75, 3.05) is 6.54 Å². The van der Waals surface area contributed by atoms with E-state index in [2.05, 4.69) is 18.9 Å². The largest absolute Gasteiger partial charge is 0.480 e. The third-order valence-corrected chi connectivity index (χ3v) is 4.77. The van der Waals surface area contributed by atoms with E-state index >= 15 is 0 Å². The van der Waals surface area contributed by atoms with Gasteiger partial charge >= 0.3 is 5.97 Å². The van der Waals surface area contributed by atoms with Crippen molar-refractivity contribution < 1.29 is 14.7 Å². The summed E-state index contributed by atoms with van der Waals surface area (Å²) >= 11 is 0. The number of aromatic nitrogens is 2. The van der Waals surface area contributed by atoms with Crippen LogP contribution >= 0.6 is 0 Å². The number of carbonyl (C=O) groups excluding carboxylic acids is 1. The normalized spacial score (nSPS) is 18.2. The second-order valence-corrected chi connectivity index (χ2v) is 7.16. The molecule has 134 valence electrons. The van der Waals surface area contributed by atoms with E-state index in [-0.39, 0.29) is 5.91 Å². The van der Waals surface area contributed by atoms with Gasteiger partial charge in [0.2, 0.25) is 5.91 Å². The monoisotopic (exact) mass is 335 g/mol. The van der Waals surface area contributed by atoms with E-state index in [4.69, 9.17) is 0 Å². The van der Waals surface area contributed by atoms with E-state index in [0.717, 1.165) is 36.3 Å². The van der Waals surface area contributed by atoms with Crippen molar-refractivity contribution >= 4 is 11.9 Å². The number of carbonyl (C=O) groups is 2. The Hall–Kier alpha value is -1.85. The van der Waals surface area contributed by atoms with Crippen molar-refractivity contribution in [3.63, 3.8) is 0 Å². The molecule has 0 aromatic carbocycles. The zero-order chi connectivity index (χ0) is 17.9. The predicted octanol–water partition coefficient (Wildman–Crippen LogP) is 2.55. The minimum Gasteiger partial charge on any atom is -0.480 e. The number of carboxylic acids is 1. The van der Waals surface area contributed by atoms with Crippen LogP contribution in [-0.4, -0.2) is 44.3 Å². The first-order chi connectivity index (χ1) is 11.3. The molecule has 6 heteroatoms. The van der Waals surface area contributed by atoms with Crippen LogP contribution in [0.2, 0.25) is 0 Å². The van der Waals surface area contributed by atoms with Crippen LogP contribution in [0.25, 0.3) is 0 Å². The van der Waals surface area contributed by atoms with Crippen molar-refractivity contribution in [2.45, 2.75) is 72.4 Å². The third kappa shape index (κ3) is 4.16. The Morgan fingerprint density at radius 3 is 2.62 bits per heavy atom. The average Bonchev–Trinajstić information content (AvgIpc) is 2.78. The number of nitrogens with zero attached hydrogens (tertiary/aromatic N) is 3. The summed E-state index contributed by atoms with van der Waals surface area (Å²) in [4.78, 5) is 25.4. The van der Waals surface area contributed by atoms with Gasteiger partial charge in [-0.25, -0.2) is 4.79 Å². The molecular formula is C18H29N3O3. The Labute approximate surface area is 143 Å². The predicted molar refractivity (Wildman–Crippen MR) is 91.8 cm³/mol. The Kier molecular flexibility index (Phi) is 6.02. The van der Waals surface area contributed by atoms with Crippen LogP contribution in [0.1, 0.15) is 56.5 Å². The molecule has 1 aliphatic rings. The topological polar surface area (TPSA) is 75.4 Å². The van der Waals surface area contributed by atoms with Crippen molar-refractivity contribution in [2.24, 2.45) is 5.92 Å². The highest BCUT2D eigenvalue weighted by Crippen LogP contribution is 2.21. The molecule has 24 heavy (non-hydrogen) atoms. The molecular weight excluding hydrogens is 306 g/mol. The lowest BCUT2D eigenvalue weighted by molar-refractivity contribution is -0.152. The van der Waals surface area contributed by atoms with Crippen LogP contribution in [0.4, 0.5) is 0 Å². The molecule has 1 saturated heterocycles. The molecule has 6 nitrogen and oxygen atoms in total. The summed E-state index contributed by atoms with van der Waals surface area (Å²) in [6.07, 6.45) is 3.29. The van der Waals surface area contributed by atoms with E-state index in [9.17, 15) is 14.7 Å². The number of hydrogen-bond acceptors (Lipinski definition) is 3. The molecule has 2 rings (SSSR count). The lowest BCUT2D eigenvalue weighted by Crippen LogP contribution is -2.48. The number of rotatable bonds is 6. The highest BCUT2D eigenvalue weighted by Gasteiger charge is 2.31. The number of amides is 1. The summed E-state index contributed by atoms with van der Waals surface area (Å²) in [7, 11) is 0. The second kappa shape index (κ2) is 7.81. The van der Waals surface area contributed by atoms with Crippen molar-refractivity contribution in [1.82, 2.24) is 14.7 Å². The van der Waals surface area contributed by atoms with Gasteiger partial charge in [0.25, 0.3) is 0 Å². The Bertz CT molecular complexity index is 607. The molecule has 2 heterocycles. The Balaban J connectivity index is 2.03. The molecule has 0 radical (unpaired) electrons. The molecule has 0 aliphatic carbocycles. The van der Waals surface area contributed by atoms with Gasteiger partial charge in [0, 0.05) is 25.2 Å². The maximum atomic E-state index is 12.5. The van der Waals surface area contributed by atoms with E-state index in [0.29, 0.717) is 31.7 Å². The van der Waals surface area contributed by atoms with Crippen LogP contribution in [0.15, 0.2) is 0 Å². The number of aryl methyl sites for hydroxylation is 1. The quantitative estimate of drug-likeness (QED) is 0.867. The number of likely N-dealkylation sites (tertiary alicyclic amines) is 1. The lowest BCUT2D eigenvalue weighted by atomic mass is 10.0. The first kappa shape index (κ1) is 18.5. The van der Waals surface area contributed by atoms with Gasteiger partial charge in [-0.1, -0.05) is 13.8 Å². The molecule has 1 aliphatic heterocycles. The summed E-state index contributed by atoms with van der Waals surface area (Å²) in [5.74, 6) is -0.431. The first-order valence-electron chi connectivity index (χ1n) is 8.86. The summed E-state index contributed by atoms with van der Waals surface area (Å²) in [6.45, 7) is 9.76. The zero-order valence-corrected chi connectivity index (χ0v) is 15.2. The number of hydrogen-bond donors (Lipinski definition) is 1. The second-order valence-electron chi connectivity index (χ2n) is 7.16. The Morgan fingerprint density at radius 1 is 1.29 bits per heavy atom. The SMILES string of the molecule is Cc1nn(CC(C)C)c(C)c1CCC(=O)N1CCCC[C@H]1C(=O)O. The van der Waals surface area contributed by atoms with Gasteiger partial charge in [0.1, 0.15) is 6.04 Å². The number of aliphatic carboxylic acids is 1. The summed E-state index contributed by atoms with van der Waals surface area (Å²) in [6, 6.07) is -0.655. The van der Waals surface area contributed by atoms with Gasteiger partial charge in [-0.05, 0) is 51.0 Å². The highest BCUT2D eigenvalue weighted by molar-refractivity contribution is 5.84. The standard InChI is InChI=1S/C18H29N3O3/c1-12(2)11-21-14(4)15(13(3)19-21)8-9-17(22)20-10-6-5-7-16(20)18(23)24/h12,16H,5-11H2,1-4H3,(H,23,24)/t16-/m0/s1. The van der Waals surface area contributed by atoms with Gasteiger partial charge in [0.05, 0.1) is 5.69 Å². The molecule has 1 aromatic rings. The smallest absolute Gasteiger partial charge is 0.326 e. The summed E-state index contributed by atoms with van der Waals surface area (Å²) in [5, 5.41) is 13.9. The van der Waals surface area contributed by atoms with Crippen LogP contribution in [0, 0.1) is 19.8 Å². The molecule has 0 spiro atoms. The lowest BCUT2D eigenvalue weighted by Gasteiger charge is -2.33. The van der Waals surface area contributed by atoms with Crippen LogP contribution in [0.3, 0.4) is 0 Å². The fourth-order valence-corrected chi connectivity index (χ4v) is 3.48.